The lowest BCUT2D eigenvalue weighted by Gasteiger charge is -2.09. The number of halogens is 1. The van der Waals surface area contributed by atoms with Crippen molar-refractivity contribution in [1.82, 2.24) is 0 Å². The molecule has 0 radical (unpaired) electrons. The van der Waals surface area contributed by atoms with E-state index in [-0.39, 0.29) is 12.4 Å². The Kier molecular flexibility index (Phi) is 4.23. The van der Waals surface area contributed by atoms with Crippen LogP contribution >= 0.6 is 11.6 Å². The van der Waals surface area contributed by atoms with Gasteiger partial charge in [0.25, 0.3) is 0 Å². The van der Waals surface area contributed by atoms with Crippen molar-refractivity contribution < 1.29 is 9.53 Å². The quantitative estimate of drug-likeness (QED) is 0.622. The van der Waals surface area contributed by atoms with Crippen molar-refractivity contribution in [2.24, 2.45) is 0 Å². The van der Waals surface area contributed by atoms with Gasteiger partial charge < -0.3 is 4.74 Å². The molecule has 2 rings (SSSR count). The van der Waals surface area contributed by atoms with Gasteiger partial charge in [-0.05, 0) is 48.7 Å². The SMILES string of the molecule is Cc1cccc(OC(=O)Cc2ccc(Cl)cc2)c1C. The fourth-order valence-corrected chi connectivity index (χ4v) is 1.89. The zero-order chi connectivity index (χ0) is 13.8. The molecule has 19 heavy (non-hydrogen) atoms. The van der Waals surface area contributed by atoms with Gasteiger partial charge in [-0.15, -0.1) is 0 Å². The summed E-state index contributed by atoms with van der Waals surface area (Å²) in [7, 11) is 0. The normalized spacial score (nSPS) is 10.3. The Bertz CT molecular complexity index is 588. The summed E-state index contributed by atoms with van der Waals surface area (Å²) in [6.45, 7) is 3.94. The lowest BCUT2D eigenvalue weighted by atomic mass is 10.1. The van der Waals surface area contributed by atoms with Crippen LogP contribution < -0.4 is 4.74 Å². The van der Waals surface area contributed by atoms with Gasteiger partial charge in [0.05, 0.1) is 6.42 Å². The van der Waals surface area contributed by atoms with Crippen molar-refractivity contribution in [3.63, 3.8) is 0 Å². The van der Waals surface area contributed by atoms with E-state index in [1.807, 2.05) is 44.2 Å². The van der Waals surface area contributed by atoms with Crippen molar-refractivity contribution in [2.45, 2.75) is 20.3 Å². The van der Waals surface area contributed by atoms with E-state index in [1.54, 1.807) is 12.1 Å². The molecule has 0 saturated carbocycles. The van der Waals surface area contributed by atoms with Gasteiger partial charge in [-0.1, -0.05) is 35.9 Å². The van der Waals surface area contributed by atoms with Crippen LogP contribution in [0.15, 0.2) is 42.5 Å². The third kappa shape index (κ3) is 3.58. The van der Waals surface area contributed by atoms with Gasteiger partial charge in [0, 0.05) is 5.02 Å². The average molecular weight is 275 g/mol. The van der Waals surface area contributed by atoms with Crippen LogP contribution in [0, 0.1) is 13.8 Å². The van der Waals surface area contributed by atoms with E-state index < -0.39 is 0 Å². The lowest BCUT2D eigenvalue weighted by molar-refractivity contribution is -0.133. The molecule has 2 nitrogen and oxygen atoms in total. The van der Waals surface area contributed by atoms with Crippen molar-refractivity contribution in [1.29, 1.82) is 0 Å². The topological polar surface area (TPSA) is 26.3 Å². The Balaban J connectivity index is 2.05. The van der Waals surface area contributed by atoms with Crippen LogP contribution in [0.25, 0.3) is 0 Å². The third-order valence-electron chi connectivity index (χ3n) is 3.04. The minimum Gasteiger partial charge on any atom is -0.426 e. The predicted molar refractivity (Wildman–Crippen MR) is 76.7 cm³/mol. The van der Waals surface area contributed by atoms with Crippen LogP contribution in [-0.4, -0.2) is 5.97 Å². The van der Waals surface area contributed by atoms with Gasteiger partial charge in [0.15, 0.2) is 0 Å². The van der Waals surface area contributed by atoms with Gasteiger partial charge in [0.2, 0.25) is 0 Å². The molecule has 0 aromatic heterocycles. The Labute approximate surface area is 118 Å². The molecule has 0 spiro atoms. The van der Waals surface area contributed by atoms with Gasteiger partial charge in [-0.2, -0.15) is 0 Å². The summed E-state index contributed by atoms with van der Waals surface area (Å²) in [6, 6.07) is 12.9. The second-order valence-electron chi connectivity index (χ2n) is 4.48. The number of hydrogen-bond acceptors (Lipinski definition) is 2. The highest BCUT2D eigenvalue weighted by Gasteiger charge is 2.09. The number of carbonyl (C=O) groups excluding carboxylic acids is 1. The van der Waals surface area contributed by atoms with E-state index in [9.17, 15) is 4.79 Å². The van der Waals surface area contributed by atoms with Crippen LogP contribution in [0.5, 0.6) is 5.75 Å². The van der Waals surface area contributed by atoms with E-state index in [2.05, 4.69) is 0 Å². The number of esters is 1. The van der Waals surface area contributed by atoms with Crippen LogP contribution in [0.2, 0.25) is 5.02 Å². The van der Waals surface area contributed by atoms with E-state index in [1.165, 1.54) is 0 Å². The molecule has 0 aliphatic rings. The smallest absolute Gasteiger partial charge is 0.315 e. The first-order chi connectivity index (χ1) is 9.06. The maximum atomic E-state index is 11.9. The first-order valence-corrected chi connectivity index (χ1v) is 6.45. The van der Waals surface area contributed by atoms with Crippen LogP contribution in [-0.2, 0) is 11.2 Å². The van der Waals surface area contributed by atoms with Crippen LogP contribution in [0.4, 0.5) is 0 Å². The molecule has 3 heteroatoms. The van der Waals surface area contributed by atoms with Gasteiger partial charge >= 0.3 is 5.97 Å². The second kappa shape index (κ2) is 5.89. The molecule has 0 saturated heterocycles. The van der Waals surface area contributed by atoms with Crippen LogP contribution in [0.1, 0.15) is 16.7 Å². The Hall–Kier alpha value is -1.80. The van der Waals surface area contributed by atoms with Crippen LogP contribution in [0.3, 0.4) is 0 Å². The largest absolute Gasteiger partial charge is 0.426 e. The molecule has 2 aromatic rings. The Morgan fingerprint density at radius 3 is 2.47 bits per heavy atom. The van der Waals surface area contributed by atoms with E-state index in [0.29, 0.717) is 10.8 Å². The molecule has 0 aliphatic carbocycles. The van der Waals surface area contributed by atoms with E-state index >= 15 is 0 Å². The molecule has 98 valence electrons. The molecule has 0 N–H and O–H groups in total. The van der Waals surface area contributed by atoms with Crippen molar-refractivity contribution in [3.8, 4) is 5.75 Å². The molecule has 0 bridgehead atoms. The first kappa shape index (κ1) is 13.6. The summed E-state index contributed by atoms with van der Waals surface area (Å²) >= 11 is 5.80. The number of hydrogen-bond donors (Lipinski definition) is 0. The molecular formula is C16H15ClO2. The first-order valence-electron chi connectivity index (χ1n) is 6.07. The summed E-state index contributed by atoms with van der Waals surface area (Å²) in [5, 5.41) is 0.659. The summed E-state index contributed by atoms with van der Waals surface area (Å²) in [6.07, 6.45) is 0.241. The molecule has 0 heterocycles. The number of carbonyl (C=O) groups is 1. The zero-order valence-electron chi connectivity index (χ0n) is 10.9. The van der Waals surface area contributed by atoms with Crippen molar-refractivity contribution in [3.05, 3.63) is 64.2 Å². The highest BCUT2D eigenvalue weighted by atomic mass is 35.5. The number of rotatable bonds is 3. The summed E-state index contributed by atoms with van der Waals surface area (Å²) in [5.74, 6) is 0.356. The average Bonchev–Trinajstić information content (AvgIpc) is 2.38. The van der Waals surface area contributed by atoms with Crippen molar-refractivity contribution in [2.75, 3.05) is 0 Å². The van der Waals surface area contributed by atoms with Crippen molar-refractivity contribution >= 4 is 17.6 Å². The van der Waals surface area contributed by atoms with Gasteiger partial charge in [0.1, 0.15) is 5.75 Å². The minimum atomic E-state index is -0.268. The monoisotopic (exact) mass is 274 g/mol. The predicted octanol–water partition coefficient (Wildman–Crippen LogP) is 4.10. The van der Waals surface area contributed by atoms with Gasteiger partial charge in [-0.25, -0.2) is 0 Å². The zero-order valence-corrected chi connectivity index (χ0v) is 11.7. The summed E-state index contributed by atoms with van der Waals surface area (Å²) < 4.78 is 5.39. The highest BCUT2D eigenvalue weighted by Crippen LogP contribution is 2.21. The summed E-state index contributed by atoms with van der Waals surface area (Å²) in [4.78, 5) is 11.9. The number of ether oxygens (including phenoxy) is 1. The fourth-order valence-electron chi connectivity index (χ4n) is 1.76. The maximum Gasteiger partial charge on any atom is 0.315 e. The molecule has 0 fully saturated rings. The molecular weight excluding hydrogens is 260 g/mol. The highest BCUT2D eigenvalue weighted by molar-refractivity contribution is 6.30. The Morgan fingerprint density at radius 2 is 1.79 bits per heavy atom. The molecule has 0 atom stereocenters. The number of aryl methyl sites for hydroxylation is 1. The van der Waals surface area contributed by atoms with E-state index in [0.717, 1.165) is 16.7 Å². The molecule has 0 amide bonds. The second-order valence-corrected chi connectivity index (χ2v) is 4.91. The maximum absolute atomic E-state index is 11.9. The lowest BCUT2D eigenvalue weighted by Crippen LogP contribution is -2.12. The molecule has 0 unspecified atom stereocenters. The van der Waals surface area contributed by atoms with Gasteiger partial charge in [-0.3, -0.25) is 4.79 Å². The molecule has 2 aromatic carbocycles. The third-order valence-corrected chi connectivity index (χ3v) is 3.29. The fraction of sp³-hybridized carbons (Fsp3) is 0.188. The minimum absolute atomic E-state index is 0.241. The van der Waals surface area contributed by atoms with E-state index in [4.69, 9.17) is 16.3 Å². The standard InChI is InChI=1S/C16H15ClO2/c1-11-4-3-5-15(12(11)2)19-16(18)10-13-6-8-14(17)9-7-13/h3-9H,10H2,1-2H3. The Morgan fingerprint density at radius 1 is 1.11 bits per heavy atom. The summed E-state index contributed by atoms with van der Waals surface area (Å²) in [5.41, 5.74) is 2.99. The number of benzene rings is 2. The molecule has 0 aliphatic heterocycles.